The molecule has 1 aliphatic heterocycles. The van der Waals surface area contributed by atoms with Crippen LogP contribution < -0.4 is 10.1 Å². The van der Waals surface area contributed by atoms with Crippen LogP contribution >= 0.6 is 0 Å². The zero-order valence-electron chi connectivity index (χ0n) is 9.07. The van der Waals surface area contributed by atoms with Gasteiger partial charge in [-0.15, -0.1) is 0 Å². The lowest BCUT2D eigenvalue weighted by molar-refractivity contribution is 0.279. The van der Waals surface area contributed by atoms with Gasteiger partial charge < -0.3 is 10.1 Å². The molecule has 1 aliphatic carbocycles. The third-order valence-electron chi connectivity index (χ3n) is 3.79. The molecular weight excluding hydrogens is 186 g/mol. The van der Waals surface area contributed by atoms with Crippen LogP contribution in [0.25, 0.3) is 0 Å². The molecule has 15 heavy (non-hydrogen) atoms. The fourth-order valence-corrected chi connectivity index (χ4v) is 2.70. The van der Waals surface area contributed by atoms with Gasteiger partial charge >= 0.3 is 0 Å². The van der Waals surface area contributed by atoms with Crippen LogP contribution in [0.2, 0.25) is 0 Å². The molecule has 1 saturated carbocycles. The summed E-state index contributed by atoms with van der Waals surface area (Å²) in [6.45, 7) is 5.41. The molecular formula is C13H17NO. The Morgan fingerprint density at radius 1 is 1.27 bits per heavy atom. The minimum absolute atomic E-state index is 0.811. The number of ether oxygens (including phenoxy) is 1. The maximum Gasteiger partial charge on any atom is 0.122 e. The van der Waals surface area contributed by atoms with Gasteiger partial charge in [0, 0.05) is 5.92 Å². The summed E-state index contributed by atoms with van der Waals surface area (Å²) < 4.78 is 5.87. The van der Waals surface area contributed by atoms with Gasteiger partial charge in [-0.1, -0.05) is 18.2 Å². The lowest BCUT2D eigenvalue weighted by Crippen LogP contribution is -2.17. The fraction of sp³-hybridized carbons (Fsp3) is 0.538. The highest BCUT2D eigenvalue weighted by Crippen LogP contribution is 2.48. The van der Waals surface area contributed by atoms with Gasteiger partial charge in [0.1, 0.15) is 5.75 Å². The van der Waals surface area contributed by atoms with E-state index in [-0.39, 0.29) is 0 Å². The number of hydrogen-bond acceptors (Lipinski definition) is 2. The standard InChI is InChI=1S/C13H17NO/c1-9-4-2-3-5-13(9)15-8-12-10-6-14-7-11(10)12/h2-5,10-12,14H,6-8H2,1H3. The molecule has 1 heterocycles. The van der Waals surface area contributed by atoms with Crippen LogP contribution in [0, 0.1) is 24.7 Å². The number of nitrogens with one attached hydrogen (secondary N) is 1. The largest absolute Gasteiger partial charge is 0.493 e. The minimum atomic E-state index is 0.811. The van der Waals surface area contributed by atoms with Crippen LogP contribution in [0.5, 0.6) is 5.75 Å². The summed E-state index contributed by atoms with van der Waals surface area (Å²) in [5.41, 5.74) is 1.24. The summed E-state index contributed by atoms with van der Waals surface area (Å²) in [5.74, 6) is 3.66. The van der Waals surface area contributed by atoms with Gasteiger partial charge in [-0.05, 0) is 43.5 Å². The lowest BCUT2D eigenvalue weighted by Gasteiger charge is -2.09. The van der Waals surface area contributed by atoms with E-state index < -0.39 is 0 Å². The maximum absolute atomic E-state index is 5.87. The van der Waals surface area contributed by atoms with Crippen molar-refractivity contribution in [2.24, 2.45) is 17.8 Å². The fourth-order valence-electron chi connectivity index (χ4n) is 2.70. The number of piperidine rings is 1. The molecule has 1 N–H and O–H groups in total. The van der Waals surface area contributed by atoms with E-state index in [0.717, 1.165) is 30.1 Å². The van der Waals surface area contributed by atoms with Crippen molar-refractivity contribution in [3.8, 4) is 5.75 Å². The van der Waals surface area contributed by atoms with Crippen molar-refractivity contribution in [2.45, 2.75) is 6.92 Å². The van der Waals surface area contributed by atoms with E-state index in [1.165, 1.54) is 18.7 Å². The average molecular weight is 203 g/mol. The summed E-state index contributed by atoms with van der Waals surface area (Å²) in [6.07, 6.45) is 0. The smallest absolute Gasteiger partial charge is 0.122 e. The first-order valence-electron chi connectivity index (χ1n) is 5.75. The van der Waals surface area contributed by atoms with Crippen molar-refractivity contribution >= 4 is 0 Å². The zero-order valence-corrected chi connectivity index (χ0v) is 9.07. The molecule has 2 heteroatoms. The summed E-state index contributed by atoms with van der Waals surface area (Å²) in [4.78, 5) is 0. The number of rotatable bonds is 3. The molecule has 1 aromatic carbocycles. The van der Waals surface area contributed by atoms with Gasteiger partial charge in [0.05, 0.1) is 6.61 Å². The quantitative estimate of drug-likeness (QED) is 0.809. The molecule has 0 spiro atoms. The summed E-state index contributed by atoms with van der Waals surface area (Å²) in [6, 6.07) is 8.26. The first-order valence-corrected chi connectivity index (χ1v) is 5.75. The van der Waals surface area contributed by atoms with Gasteiger partial charge in [-0.3, -0.25) is 0 Å². The average Bonchev–Trinajstić information content (AvgIpc) is 2.71. The monoisotopic (exact) mass is 203 g/mol. The number of benzene rings is 1. The Kier molecular flexibility index (Phi) is 2.17. The van der Waals surface area contributed by atoms with Crippen molar-refractivity contribution in [1.29, 1.82) is 0 Å². The molecule has 2 nitrogen and oxygen atoms in total. The molecule has 2 fully saturated rings. The van der Waals surface area contributed by atoms with Crippen LogP contribution in [0.15, 0.2) is 24.3 Å². The van der Waals surface area contributed by atoms with Gasteiger partial charge in [0.2, 0.25) is 0 Å². The van der Waals surface area contributed by atoms with E-state index >= 15 is 0 Å². The number of para-hydroxylation sites is 1. The molecule has 0 aromatic heterocycles. The molecule has 2 atom stereocenters. The normalized spacial score (nSPS) is 32.5. The van der Waals surface area contributed by atoms with Gasteiger partial charge in [-0.2, -0.15) is 0 Å². The zero-order chi connectivity index (χ0) is 10.3. The second-order valence-electron chi connectivity index (χ2n) is 4.73. The van der Waals surface area contributed by atoms with Gasteiger partial charge in [-0.25, -0.2) is 0 Å². The predicted molar refractivity (Wildman–Crippen MR) is 60.0 cm³/mol. The van der Waals surface area contributed by atoms with E-state index in [1.807, 2.05) is 6.07 Å². The second-order valence-corrected chi connectivity index (χ2v) is 4.73. The van der Waals surface area contributed by atoms with Crippen molar-refractivity contribution in [3.05, 3.63) is 29.8 Å². The van der Waals surface area contributed by atoms with Crippen molar-refractivity contribution < 1.29 is 4.74 Å². The van der Waals surface area contributed by atoms with E-state index in [4.69, 9.17) is 4.74 Å². The maximum atomic E-state index is 5.87. The molecule has 0 radical (unpaired) electrons. The summed E-state index contributed by atoms with van der Waals surface area (Å²) in [5, 5.41) is 3.41. The van der Waals surface area contributed by atoms with Crippen LogP contribution in [0.1, 0.15) is 5.56 Å². The van der Waals surface area contributed by atoms with Crippen molar-refractivity contribution in [3.63, 3.8) is 0 Å². The van der Waals surface area contributed by atoms with Crippen molar-refractivity contribution in [2.75, 3.05) is 19.7 Å². The Hall–Kier alpha value is -1.02. The number of fused-ring (bicyclic) bond motifs is 1. The topological polar surface area (TPSA) is 21.3 Å². The Morgan fingerprint density at radius 3 is 2.73 bits per heavy atom. The van der Waals surface area contributed by atoms with E-state index in [1.54, 1.807) is 0 Å². The SMILES string of the molecule is Cc1ccccc1OCC1C2CNCC21. The first kappa shape index (κ1) is 9.22. The van der Waals surface area contributed by atoms with E-state index in [9.17, 15) is 0 Å². The van der Waals surface area contributed by atoms with Gasteiger partial charge in [0.25, 0.3) is 0 Å². The molecule has 3 rings (SSSR count). The van der Waals surface area contributed by atoms with Crippen LogP contribution in [-0.4, -0.2) is 19.7 Å². The molecule has 80 valence electrons. The lowest BCUT2D eigenvalue weighted by atomic mass is 10.2. The highest BCUT2D eigenvalue weighted by atomic mass is 16.5. The Balaban J connectivity index is 1.57. The van der Waals surface area contributed by atoms with Crippen LogP contribution in [0.3, 0.4) is 0 Å². The Morgan fingerprint density at radius 2 is 2.00 bits per heavy atom. The molecule has 1 saturated heterocycles. The molecule has 1 aromatic rings. The van der Waals surface area contributed by atoms with E-state index in [2.05, 4.69) is 30.4 Å². The number of hydrogen-bond donors (Lipinski definition) is 1. The Labute approximate surface area is 90.6 Å². The highest BCUT2D eigenvalue weighted by Gasteiger charge is 2.52. The summed E-state index contributed by atoms with van der Waals surface area (Å²) in [7, 11) is 0. The molecule has 2 unspecified atom stereocenters. The minimum Gasteiger partial charge on any atom is -0.493 e. The van der Waals surface area contributed by atoms with Crippen molar-refractivity contribution in [1.82, 2.24) is 5.32 Å². The Bertz CT molecular complexity index is 353. The second kappa shape index (κ2) is 3.53. The molecule has 2 aliphatic rings. The highest BCUT2D eigenvalue weighted by molar-refractivity contribution is 5.31. The molecule has 0 bridgehead atoms. The molecule has 0 amide bonds. The number of aryl methyl sites for hydroxylation is 1. The van der Waals surface area contributed by atoms with E-state index in [0.29, 0.717) is 0 Å². The van der Waals surface area contributed by atoms with Crippen LogP contribution in [0.4, 0.5) is 0 Å². The summed E-state index contributed by atoms with van der Waals surface area (Å²) >= 11 is 0. The van der Waals surface area contributed by atoms with Crippen LogP contribution in [-0.2, 0) is 0 Å². The third kappa shape index (κ3) is 1.63. The third-order valence-corrected chi connectivity index (χ3v) is 3.79. The predicted octanol–water partition coefficient (Wildman–Crippen LogP) is 1.84. The van der Waals surface area contributed by atoms with Gasteiger partial charge in [0.15, 0.2) is 0 Å². The first-order chi connectivity index (χ1) is 7.36.